The van der Waals surface area contributed by atoms with Crippen molar-refractivity contribution < 1.29 is 14.1 Å². The van der Waals surface area contributed by atoms with Gasteiger partial charge in [-0.15, -0.1) is 0 Å². The van der Waals surface area contributed by atoms with Crippen LogP contribution in [0, 0.1) is 0 Å². The summed E-state index contributed by atoms with van der Waals surface area (Å²) in [6, 6.07) is 7.12. The molecule has 0 saturated heterocycles. The average Bonchev–Trinajstić information content (AvgIpc) is 3.08. The van der Waals surface area contributed by atoms with Crippen molar-refractivity contribution >= 4 is 34.8 Å². The lowest BCUT2D eigenvalue weighted by molar-refractivity contribution is -0.121. The number of hydrogen-bond donors (Lipinski definition) is 3. The Morgan fingerprint density at radius 3 is 2.77 bits per heavy atom. The largest absolute Gasteiger partial charge is 0.383 e. The van der Waals surface area contributed by atoms with Crippen molar-refractivity contribution in [3.05, 3.63) is 35.2 Å². The molecule has 8 nitrogen and oxygen atoms in total. The summed E-state index contributed by atoms with van der Waals surface area (Å²) in [4.78, 5) is 16.1. The van der Waals surface area contributed by atoms with E-state index in [9.17, 15) is 4.79 Å². The Bertz CT molecular complexity index is 738. The number of thiocarbonyl (C=S) groups is 1. The number of halogens is 1. The van der Waals surface area contributed by atoms with Crippen molar-refractivity contribution in [2.75, 3.05) is 13.7 Å². The second kappa shape index (κ2) is 10.0. The number of hydrogen-bond acceptors (Lipinski definition) is 6. The zero-order chi connectivity index (χ0) is 18.9. The standard InChI is InChI=1S/C16H20ClN5O3S/c1-10(9-24-2)18-16(26)21-20-13(23)7-8-14-19-15(22-25-14)11-3-5-12(17)6-4-11/h3-6,10H,7-9H2,1-2H3,(H,20,23)(H2,18,21,26)/t10-/m1/s1. The number of nitrogens with one attached hydrogen (secondary N) is 3. The molecule has 0 spiro atoms. The lowest BCUT2D eigenvalue weighted by Crippen LogP contribution is -2.50. The molecule has 10 heteroatoms. The number of carbonyl (C=O) groups is 1. The number of carbonyl (C=O) groups excluding carboxylic acids is 1. The molecular formula is C16H20ClN5O3S. The minimum atomic E-state index is -0.250. The molecule has 26 heavy (non-hydrogen) atoms. The number of aromatic nitrogens is 2. The van der Waals surface area contributed by atoms with Crippen molar-refractivity contribution in [1.29, 1.82) is 0 Å². The van der Waals surface area contributed by atoms with Crippen LogP contribution in [0.4, 0.5) is 0 Å². The molecule has 1 heterocycles. The number of benzene rings is 1. The maximum Gasteiger partial charge on any atom is 0.238 e. The van der Waals surface area contributed by atoms with Gasteiger partial charge in [0.05, 0.1) is 6.61 Å². The van der Waals surface area contributed by atoms with Crippen molar-refractivity contribution in [1.82, 2.24) is 26.3 Å². The van der Waals surface area contributed by atoms with Gasteiger partial charge in [0.2, 0.25) is 17.6 Å². The van der Waals surface area contributed by atoms with Crippen LogP contribution in [0.1, 0.15) is 19.2 Å². The van der Waals surface area contributed by atoms with E-state index in [1.54, 1.807) is 31.4 Å². The fourth-order valence-electron chi connectivity index (χ4n) is 2.03. The van der Waals surface area contributed by atoms with Gasteiger partial charge in [-0.1, -0.05) is 16.8 Å². The number of amides is 1. The highest BCUT2D eigenvalue weighted by atomic mass is 35.5. The van der Waals surface area contributed by atoms with E-state index in [1.165, 1.54) is 0 Å². The Balaban J connectivity index is 1.74. The van der Waals surface area contributed by atoms with Gasteiger partial charge in [0.15, 0.2) is 5.11 Å². The van der Waals surface area contributed by atoms with Crippen molar-refractivity contribution in [2.24, 2.45) is 0 Å². The van der Waals surface area contributed by atoms with Crippen molar-refractivity contribution in [2.45, 2.75) is 25.8 Å². The number of rotatable bonds is 7. The Hall–Kier alpha value is -2.23. The summed E-state index contributed by atoms with van der Waals surface area (Å²) in [7, 11) is 1.60. The topological polar surface area (TPSA) is 101 Å². The third-order valence-corrected chi connectivity index (χ3v) is 3.72. The quantitative estimate of drug-likeness (QED) is 0.480. The van der Waals surface area contributed by atoms with E-state index >= 15 is 0 Å². The fourth-order valence-corrected chi connectivity index (χ4v) is 2.41. The zero-order valence-corrected chi connectivity index (χ0v) is 16.0. The van der Waals surface area contributed by atoms with Crippen LogP contribution in [0.25, 0.3) is 11.4 Å². The smallest absolute Gasteiger partial charge is 0.238 e. The molecule has 1 aromatic carbocycles. The third kappa shape index (κ3) is 6.58. The van der Waals surface area contributed by atoms with Crippen LogP contribution in [0.2, 0.25) is 5.02 Å². The summed E-state index contributed by atoms with van der Waals surface area (Å²) in [5.41, 5.74) is 5.93. The second-order valence-electron chi connectivity index (χ2n) is 5.52. The minimum Gasteiger partial charge on any atom is -0.383 e. The van der Waals surface area contributed by atoms with Gasteiger partial charge in [0.1, 0.15) is 0 Å². The average molecular weight is 398 g/mol. The highest BCUT2D eigenvalue weighted by Gasteiger charge is 2.11. The van der Waals surface area contributed by atoms with E-state index in [0.717, 1.165) is 5.56 Å². The normalized spacial score (nSPS) is 11.7. The summed E-state index contributed by atoms with van der Waals surface area (Å²) >= 11 is 10.9. The van der Waals surface area contributed by atoms with E-state index in [1.807, 2.05) is 6.92 Å². The summed E-state index contributed by atoms with van der Waals surface area (Å²) < 4.78 is 10.1. The molecule has 1 amide bonds. The van der Waals surface area contributed by atoms with Crippen molar-refractivity contribution in [3.63, 3.8) is 0 Å². The van der Waals surface area contributed by atoms with E-state index in [-0.39, 0.29) is 18.4 Å². The third-order valence-electron chi connectivity index (χ3n) is 3.25. The van der Waals surface area contributed by atoms with Crippen LogP contribution in [0.3, 0.4) is 0 Å². The van der Waals surface area contributed by atoms with Crippen LogP contribution < -0.4 is 16.2 Å². The van der Waals surface area contributed by atoms with E-state index < -0.39 is 0 Å². The van der Waals surface area contributed by atoms with E-state index in [2.05, 4.69) is 26.3 Å². The van der Waals surface area contributed by atoms with Crippen LogP contribution >= 0.6 is 23.8 Å². The minimum absolute atomic E-state index is 0.0292. The molecule has 0 aliphatic carbocycles. The molecule has 1 atom stereocenters. The van der Waals surface area contributed by atoms with Gasteiger partial charge < -0.3 is 14.6 Å². The molecular weight excluding hydrogens is 378 g/mol. The highest BCUT2D eigenvalue weighted by molar-refractivity contribution is 7.80. The molecule has 140 valence electrons. The first-order chi connectivity index (χ1) is 12.5. The van der Waals surface area contributed by atoms with Gasteiger partial charge in [0, 0.05) is 36.6 Å². The maximum absolute atomic E-state index is 11.9. The maximum atomic E-state index is 11.9. The summed E-state index contributed by atoms with van der Waals surface area (Å²) in [5.74, 6) is 0.576. The lowest BCUT2D eigenvalue weighted by Gasteiger charge is -2.16. The molecule has 0 bridgehead atoms. The predicted octanol–water partition coefficient (Wildman–Crippen LogP) is 1.85. The predicted molar refractivity (Wildman–Crippen MR) is 101 cm³/mol. The number of hydrazine groups is 1. The van der Waals surface area contributed by atoms with Crippen LogP contribution in [-0.2, 0) is 16.0 Å². The first-order valence-corrected chi connectivity index (χ1v) is 8.69. The molecule has 0 saturated carbocycles. The van der Waals surface area contributed by atoms with E-state index in [4.69, 9.17) is 33.1 Å². The summed E-state index contributed by atoms with van der Waals surface area (Å²) in [5, 5.41) is 7.81. The Morgan fingerprint density at radius 1 is 1.35 bits per heavy atom. The molecule has 2 aromatic rings. The Labute approximate surface area is 161 Å². The SMILES string of the molecule is COC[C@@H](C)NC(=S)NNC(=O)CCc1nc(-c2ccc(Cl)cc2)no1. The van der Waals surface area contributed by atoms with Crippen LogP contribution in [0.5, 0.6) is 0 Å². The molecule has 0 aliphatic rings. The zero-order valence-electron chi connectivity index (χ0n) is 14.4. The second-order valence-corrected chi connectivity index (χ2v) is 6.37. The number of nitrogens with zero attached hydrogens (tertiary/aromatic N) is 2. The summed E-state index contributed by atoms with van der Waals surface area (Å²) in [6.07, 6.45) is 0.486. The molecule has 1 aromatic heterocycles. The van der Waals surface area contributed by atoms with Gasteiger partial charge in [-0.05, 0) is 43.4 Å². The van der Waals surface area contributed by atoms with Crippen molar-refractivity contribution in [3.8, 4) is 11.4 Å². The van der Waals surface area contributed by atoms with Crippen LogP contribution in [-0.4, -0.2) is 40.9 Å². The first kappa shape index (κ1) is 20.1. The molecule has 2 rings (SSSR count). The van der Waals surface area contributed by atoms with Gasteiger partial charge in [-0.3, -0.25) is 15.6 Å². The van der Waals surface area contributed by atoms with Gasteiger partial charge in [-0.2, -0.15) is 4.98 Å². The fraction of sp³-hybridized carbons (Fsp3) is 0.375. The molecule has 0 aliphatic heterocycles. The molecule has 0 unspecified atom stereocenters. The van der Waals surface area contributed by atoms with Crippen LogP contribution in [0.15, 0.2) is 28.8 Å². The number of methoxy groups -OCH3 is 1. The molecule has 3 N–H and O–H groups in total. The number of ether oxygens (including phenoxy) is 1. The summed E-state index contributed by atoms with van der Waals surface area (Å²) in [6.45, 7) is 2.41. The van der Waals surface area contributed by atoms with Gasteiger partial charge in [0.25, 0.3) is 0 Å². The van der Waals surface area contributed by atoms with Gasteiger partial charge >= 0.3 is 0 Å². The molecule has 0 fully saturated rings. The first-order valence-electron chi connectivity index (χ1n) is 7.90. The van der Waals surface area contributed by atoms with Gasteiger partial charge in [-0.25, -0.2) is 0 Å². The van der Waals surface area contributed by atoms with E-state index in [0.29, 0.717) is 34.9 Å². The monoisotopic (exact) mass is 397 g/mol. The Kier molecular flexibility index (Phi) is 7.76. The number of aryl methyl sites for hydroxylation is 1. The highest BCUT2D eigenvalue weighted by Crippen LogP contribution is 2.18. The molecule has 0 radical (unpaired) electrons. The lowest BCUT2D eigenvalue weighted by atomic mass is 10.2. The Morgan fingerprint density at radius 2 is 2.08 bits per heavy atom.